The van der Waals surface area contributed by atoms with E-state index >= 15 is 0 Å². The summed E-state index contributed by atoms with van der Waals surface area (Å²) in [5.41, 5.74) is 6.17. The topological polar surface area (TPSA) is 64.3 Å². The molecule has 0 aliphatic carbocycles. The van der Waals surface area contributed by atoms with Gasteiger partial charge in [0.05, 0.1) is 5.56 Å². The minimum Gasteiger partial charge on any atom is -0.483 e. The average molecular weight is 315 g/mol. The highest BCUT2D eigenvalue weighted by Gasteiger charge is 2.12. The second-order valence-corrected chi connectivity index (χ2v) is 5.25. The van der Waals surface area contributed by atoms with Gasteiger partial charge in [-0.1, -0.05) is 37.7 Å². The Bertz CT molecular complexity index is 490. The molecule has 110 valence electrons. The smallest absolute Gasteiger partial charge is 0.258 e. The molecule has 0 bridgehead atoms. The summed E-state index contributed by atoms with van der Waals surface area (Å²) in [6.07, 6.45) is 1.77. The highest BCUT2D eigenvalue weighted by atomic mass is 35.5. The van der Waals surface area contributed by atoms with Crippen molar-refractivity contribution in [3.8, 4) is 5.75 Å². The van der Waals surface area contributed by atoms with E-state index in [0.29, 0.717) is 16.3 Å². The third-order valence-corrected chi connectivity index (χ3v) is 3.37. The highest BCUT2D eigenvalue weighted by Crippen LogP contribution is 2.23. The molecular weight excluding hydrogens is 296 g/mol. The Morgan fingerprint density at radius 2 is 2.10 bits per heavy atom. The van der Waals surface area contributed by atoms with Crippen LogP contribution in [0.5, 0.6) is 5.75 Å². The molecule has 0 fully saturated rings. The lowest BCUT2D eigenvalue weighted by molar-refractivity contribution is -0.123. The van der Waals surface area contributed by atoms with Crippen LogP contribution in [0, 0.1) is 0 Å². The molecule has 20 heavy (non-hydrogen) atoms. The number of amides is 1. The third kappa shape index (κ3) is 4.98. The second kappa shape index (κ2) is 8.07. The SMILES string of the molecule is CCC(CC)NC(=O)COc1cc(Cl)ccc1C(N)=S. The standard InChI is InChI=1S/C14H19ClN2O2S/c1-3-10(4-2)17-13(18)8-19-12-7-9(15)5-6-11(12)14(16)20/h5-7,10H,3-4,8H2,1-2H3,(H2,16,20)(H,17,18). The summed E-state index contributed by atoms with van der Waals surface area (Å²) < 4.78 is 5.47. The number of nitrogens with one attached hydrogen (secondary N) is 1. The zero-order valence-corrected chi connectivity index (χ0v) is 13.2. The summed E-state index contributed by atoms with van der Waals surface area (Å²) >= 11 is 10.8. The van der Waals surface area contributed by atoms with Crippen LogP contribution in [0.3, 0.4) is 0 Å². The summed E-state index contributed by atoms with van der Waals surface area (Å²) in [4.78, 5) is 12.0. The molecule has 3 N–H and O–H groups in total. The van der Waals surface area contributed by atoms with Crippen LogP contribution in [0.1, 0.15) is 32.3 Å². The van der Waals surface area contributed by atoms with Crippen molar-refractivity contribution in [1.29, 1.82) is 0 Å². The van der Waals surface area contributed by atoms with Gasteiger partial charge in [-0.05, 0) is 31.0 Å². The van der Waals surface area contributed by atoms with Crippen molar-refractivity contribution < 1.29 is 9.53 Å². The molecule has 0 saturated heterocycles. The van der Waals surface area contributed by atoms with Crippen molar-refractivity contribution in [3.63, 3.8) is 0 Å². The number of thiocarbonyl (C=S) groups is 1. The zero-order valence-electron chi connectivity index (χ0n) is 11.6. The first-order valence-corrected chi connectivity index (χ1v) is 7.28. The first-order chi connectivity index (χ1) is 9.47. The summed E-state index contributed by atoms with van der Waals surface area (Å²) in [5.74, 6) is 0.247. The van der Waals surface area contributed by atoms with E-state index in [2.05, 4.69) is 5.32 Å². The van der Waals surface area contributed by atoms with E-state index in [4.69, 9.17) is 34.3 Å². The van der Waals surface area contributed by atoms with E-state index in [9.17, 15) is 4.79 Å². The predicted octanol–water partition coefficient (Wildman–Crippen LogP) is 2.66. The van der Waals surface area contributed by atoms with E-state index in [1.807, 2.05) is 13.8 Å². The van der Waals surface area contributed by atoms with Crippen LogP contribution in [0.4, 0.5) is 0 Å². The van der Waals surface area contributed by atoms with Gasteiger partial charge in [0.25, 0.3) is 5.91 Å². The zero-order chi connectivity index (χ0) is 15.1. The quantitative estimate of drug-likeness (QED) is 0.759. The van der Waals surface area contributed by atoms with Crippen LogP contribution in [0.2, 0.25) is 5.02 Å². The second-order valence-electron chi connectivity index (χ2n) is 4.37. The molecule has 0 aliphatic heterocycles. The van der Waals surface area contributed by atoms with Crippen LogP contribution < -0.4 is 15.8 Å². The molecule has 1 amide bonds. The van der Waals surface area contributed by atoms with E-state index in [0.717, 1.165) is 12.8 Å². The molecule has 0 radical (unpaired) electrons. The molecule has 0 atom stereocenters. The molecule has 0 spiro atoms. The van der Waals surface area contributed by atoms with Crippen LogP contribution in [0.15, 0.2) is 18.2 Å². The van der Waals surface area contributed by atoms with Gasteiger partial charge in [0.1, 0.15) is 10.7 Å². The largest absolute Gasteiger partial charge is 0.483 e. The maximum Gasteiger partial charge on any atom is 0.258 e. The van der Waals surface area contributed by atoms with Crippen LogP contribution in [0.25, 0.3) is 0 Å². The number of ether oxygens (including phenoxy) is 1. The number of hydrogen-bond donors (Lipinski definition) is 2. The third-order valence-electron chi connectivity index (χ3n) is 2.92. The summed E-state index contributed by atoms with van der Waals surface area (Å²) in [6, 6.07) is 5.12. The number of carbonyl (C=O) groups is 1. The first kappa shape index (κ1) is 16.7. The minimum atomic E-state index is -0.174. The van der Waals surface area contributed by atoms with E-state index in [1.54, 1.807) is 18.2 Å². The first-order valence-electron chi connectivity index (χ1n) is 6.49. The van der Waals surface area contributed by atoms with E-state index < -0.39 is 0 Å². The van der Waals surface area contributed by atoms with Gasteiger partial charge in [0, 0.05) is 11.1 Å². The van der Waals surface area contributed by atoms with Crippen LogP contribution in [-0.2, 0) is 4.79 Å². The fourth-order valence-electron chi connectivity index (χ4n) is 1.72. The van der Waals surface area contributed by atoms with Crippen molar-refractivity contribution >= 4 is 34.7 Å². The van der Waals surface area contributed by atoms with Crippen LogP contribution >= 0.6 is 23.8 Å². The number of nitrogens with two attached hydrogens (primary N) is 1. The Kier molecular flexibility index (Phi) is 6.75. The fourth-order valence-corrected chi connectivity index (χ4v) is 2.06. The van der Waals surface area contributed by atoms with Gasteiger partial charge in [-0.15, -0.1) is 0 Å². The lowest BCUT2D eigenvalue weighted by Gasteiger charge is -2.16. The van der Waals surface area contributed by atoms with Crippen LogP contribution in [-0.4, -0.2) is 23.5 Å². The number of hydrogen-bond acceptors (Lipinski definition) is 3. The minimum absolute atomic E-state index is 0.0908. The maximum atomic E-state index is 11.8. The monoisotopic (exact) mass is 314 g/mol. The Morgan fingerprint density at radius 1 is 1.45 bits per heavy atom. The molecule has 4 nitrogen and oxygen atoms in total. The molecule has 1 aromatic rings. The lowest BCUT2D eigenvalue weighted by atomic mass is 10.2. The number of rotatable bonds is 7. The molecule has 1 aromatic carbocycles. The molecule has 0 aliphatic rings. The van der Waals surface area contributed by atoms with E-state index in [1.165, 1.54) is 0 Å². The summed E-state index contributed by atoms with van der Waals surface area (Å²) in [5, 5.41) is 3.39. The maximum absolute atomic E-state index is 11.8. The van der Waals surface area contributed by atoms with Crippen molar-refractivity contribution in [3.05, 3.63) is 28.8 Å². The van der Waals surface area contributed by atoms with Gasteiger partial charge < -0.3 is 15.8 Å². The van der Waals surface area contributed by atoms with Gasteiger partial charge in [-0.2, -0.15) is 0 Å². The number of carbonyl (C=O) groups excluding carboxylic acids is 1. The molecule has 1 rings (SSSR count). The lowest BCUT2D eigenvalue weighted by Crippen LogP contribution is -2.37. The fraction of sp³-hybridized carbons (Fsp3) is 0.429. The average Bonchev–Trinajstić information content (AvgIpc) is 2.42. The Hall–Kier alpha value is -1.33. The molecule has 0 heterocycles. The number of benzene rings is 1. The molecule has 0 aromatic heterocycles. The van der Waals surface area contributed by atoms with Gasteiger partial charge in [0.2, 0.25) is 0 Å². The molecular formula is C14H19ClN2O2S. The number of halogens is 1. The van der Waals surface area contributed by atoms with Crippen molar-refractivity contribution in [2.24, 2.45) is 5.73 Å². The van der Waals surface area contributed by atoms with Crippen molar-refractivity contribution in [2.45, 2.75) is 32.7 Å². The molecule has 0 unspecified atom stereocenters. The Balaban J connectivity index is 2.67. The summed E-state index contributed by atoms with van der Waals surface area (Å²) in [7, 11) is 0. The van der Waals surface area contributed by atoms with Gasteiger partial charge >= 0.3 is 0 Å². The van der Waals surface area contributed by atoms with Crippen molar-refractivity contribution in [2.75, 3.05) is 6.61 Å². The van der Waals surface area contributed by atoms with Gasteiger partial charge in [-0.3, -0.25) is 4.79 Å². The Morgan fingerprint density at radius 3 is 2.65 bits per heavy atom. The molecule has 6 heteroatoms. The summed E-state index contributed by atoms with van der Waals surface area (Å²) in [6.45, 7) is 3.96. The van der Waals surface area contributed by atoms with E-state index in [-0.39, 0.29) is 23.5 Å². The predicted molar refractivity (Wildman–Crippen MR) is 85.3 cm³/mol. The van der Waals surface area contributed by atoms with Gasteiger partial charge in [0.15, 0.2) is 6.61 Å². The van der Waals surface area contributed by atoms with Crippen molar-refractivity contribution in [1.82, 2.24) is 5.32 Å². The Labute approximate surface area is 129 Å². The van der Waals surface area contributed by atoms with Gasteiger partial charge in [-0.25, -0.2) is 0 Å². The molecule has 0 saturated carbocycles. The highest BCUT2D eigenvalue weighted by molar-refractivity contribution is 7.80. The normalized spacial score (nSPS) is 10.4.